The van der Waals surface area contributed by atoms with Gasteiger partial charge in [0, 0.05) is 16.8 Å². The Morgan fingerprint density at radius 3 is 2.34 bits per heavy atom. The lowest BCUT2D eigenvalue weighted by molar-refractivity contribution is -0.382. The van der Waals surface area contributed by atoms with E-state index in [0.717, 1.165) is 42.5 Å². The standard InChI is InChI=1S/C19H21N5O5/c1-27-13-8-10(9-14(28-2)17(13)29-3)15-11-6-4-5-7-12(11)21-19-16(24(25)26)18(20)22-23(15)19/h8-9H,4-7H2,1-3H3,(H2,20,22). The second kappa shape index (κ2) is 7.12. The van der Waals surface area contributed by atoms with Crippen molar-refractivity contribution in [2.24, 2.45) is 0 Å². The molecule has 0 unspecified atom stereocenters. The number of methoxy groups -OCH3 is 3. The van der Waals surface area contributed by atoms with Crippen LogP contribution in [0.1, 0.15) is 24.1 Å². The zero-order chi connectivity index (χ0) is 20.7. The number of ether oxygens (including phenoxy) is 3. The molecule has 0 fully saturated rings. The molecule has 0 amide bonds. The van der Waals surface area contributed by atoms with Gasteiger partial charge in [0.15, 0.2) is 11.5 Å². The molecule has 0 spiro atoms. The highest BCUT2D eigenvalue weighted by Gasteiger charge is 2.29. The average molecular weight is 399 g/mol. The quantitative estimate of drug-likeness (QED) is 0.512. The van der Waals surface area contributed by atoms with Gasteiger partial charge in [-0.15, -0.1) is 5.10 Å². The summed E-state index contributed by atoms with van der Waals surface area (Å²) in [5.41, 5.74) is 8.97. The largest absolute Gasteiger partial charge is 0.493 e. The average Bonchev–Trinajstić information content (AvgIpc) is 3.05. The monoisotopic (exact) mass is 399 g/mol. The highest BCUT2D eigenvalue weighted by Crippen LogP contribution is 2.43. The van der Waals surface area contributed by atoms with E-state index in [1.165, 1.54) is 25.8 Å². The number of nitrogens with zero attached hydrogens (tertiary/aromatic N) is 4. The van der Waals surface area contributed by atoms with E-state index in [2.05, 4.69) is 10.1 Å². The van der Waals surface area contributed by atoms with Gasteiger partial charge in [0.2, 0.25) is 17.2 Å². The van der Waals surface area contributed by atoms with E-state index >= 15 is 0 Å². The molecule has 0 saturated carbocycles. The number of aromatic nitrogens is 3. The van der Waals surface area contributed by atoms with Crippen LogP contribution in [0.3, 0.4) is 0 Å². The number of aryl methyl sites for hydroxylation is 1. The van der Waals surface area contributed by atoms with Gasteiger partial charge in [0.05, 0.1) is 31.9 Å². The number of benzene rings is 1. The number of anilines is 1. The van der Waals surface area contributed by atoms with Gasteiger partial charge in [0.1, 0.15) is 0 Å². The third-order valence-electron chi connectivity index (χ3n) is 5.16. The molecule has 2 aromatic heterocycles. The van der Waals surface area contributed by atoms with E-state index in [1.807, 2.05) is 0 Å². The number of hydrogen-bond acceptors (Lipinski definition) is 8. The summed E-state index contributed by atoms with van der Waals surface area (Å²) in [6.07, 6.45) is 3.50. The van der Waals surface area contributed by atoms with Crippen molar-refractivity contribution >= 4 is 17.2 Å². The Morgan fingerprint density at radius 1 is 1.10 bits per heavy atom. The van der Waals surface area contributed by atoms with Gasteiger partial charge in [-0.25, -0.2) is 9.50 Å². The van der Waals surface area contributed by atoms with Crippen LogP contribution >= 0.6 is 0 Å². The number of nitrogen functional groups attached to an aromatic ring is 1. The Hall–Kier alpha value is -3.56. The second-order valence-electron chi connectivity index (χ2n) is 6.73. The predicted molar refractivity (Wildman–Crippen MR) is 106 cm³/mol. The van der Waals surface area contributed by atoms with Crippen molar-refractivity contribution in [3.05, 3.63) is 33.5 Å². The number of fused-ring (bicyclic) bond motifs is 2. The maximum atomic E-state index is 11.6. The zero-order valence-corrected chi connectivity index (χ0v) is 16.4. The number of rotatable bonds is 5. The smallest absolute Gasteiger partial charge is 0.357 e. The predicted octanol–water partition coefficient (Wildman–Crippen LogP) is 2.79. The SMILES string of the molecule is COc1cc(-c2c3c(nc4c([N+](=O)[O-])c(N)nn24)CCCC3)cc(OC)c1OC. The van der Waals surface area contributed by atoms with Crippen molar-refractivity contribution in [2.45, 2.75) is 25.7 Å². The summed E-state index contributed by atoms with van der Waals surface area (Å²) in [6, 6.07) is 3.60. The lowest BCUT2D eigenvalue weighted by Gasteiger charge is -2.21. The molecule has 29 heavy (non-hydrogen) atoms. The fourth-order valence-electron chi connectivity index (χ4n) is 3.89. The van der Waals surface area contributed by atoms with Gasteiger partial charge < -0.3 is 19.9 Å². The Morgan fingerprint density at radius 2 is 1.76 bits per heavy atom. The van der Waals surface area contributed by atoms with Gasteiger partial charge in [-0.05, 0) is 37.8 Å². The molecule has 0 bridgehead atoms. The van der Waals surface area contributed by atoms with Crippen molar-refractivity contribution in [3.8, 4) is 28.5 Å². The maximum absolute atomic E-state index is 11.6. The summed E-state index contributed by atoms with van der Waals surface area (Å²) in [6.45, 7) is 0. The third-order valence-corrected chi connectivity index (χ3v) is 5.16. The molecular weight excluding hydrogens is 378 g/mol. The number of nitro groups is 1. The first-order chi connectivity index (χ1) is 14.0. The van der Waals surface area contributed by atoms with Crippen LogP contribution < -0.4 is 19.9 Å². The summed E-state index contributed by atoms with van der Waals surface area (Å²) in [5.74, 6) is 1.25. The van der Waals surface area contributed by atoms with Crippen LogP contribution in [0.4, 0.5) is 11.5 Å². The molecule has 2 heterocycles. The fraction of sp³-hybridized carbons (Fsp3) is 0.368. The molecule has 4 rings (SSSR count). The van der Waals surface area contributed by atoms with Crippen LogP contribution in [-0.4, -0.2) is 40.9 Å². The Labute approximate surface area is 166 Å². The lowest BCUT2D eigenvalue weighted by Crippen LogP contribution is -2.12. The van der Waals surface area contributed by atoms with Crippen LogP contribution in [0.15, 0.2) is 12.1 Å². The molecule has 152 valence electrons. The molecule has 10 nitrogen and oxygen atoms in total. The van der Waals surface area contributed by atoms with E-state index < -0.39 is 4.92 Å². The van der Waals surface area contributed by atoms with Gasteiger partial charge in [-0.2, -0.15) is 0 Å². The molecule has 1 aliphatic carbocycles. The first-order valence-electron chi connectivity index (χ1n) is 9.14. The van der Waals surface area contributed by atoms with E-state index in [1.54, 1.807) is 12.1 Å². The molecular formula is C19H21N5O5. The molecule has 0 atom stereocenters. The van der Waals surface area contributed by atoms with Gasteiger partial charge in [-0.3, -0.25) is 10.1 Å². The Balaban J connectivity index is 2.10. The topological polar surface area (TPSA) is 127 Å². The highest BCUT2D eigenvalue weighted by atomic mass is 16.6. The molecule has 2 N–H and O–H groups in total. The molecule has 3 aromatic rings. The Kier molecular flexibility index (Phi) is 4.61. The first kappa shape index (κ1) is 18.8. The zero-order valence-electron chi connectivity index (χ0n) is 16.4. The summed E-state index contributed by atoms with van der Waals surface area (Å²) >= 11 is 0. The minimum absolute atomic E-state index is 0.136. The van der Waals surface area contributed by atoms with Crippen molar-refractivity contribution in [2.75, 3.05) is 27.1 Å². The minimum Gasteiger partial charge on any atom is -0.493 e. The summed E-state index contributed by atoms with van der Waals surface area (Å²) in [4.78, 5) is 15.6. The Bertz CT molecular complexity index is 1100. The van der Waals surface area contributed by atoms with Gasteiger partial charge in [-0.1, -0.05) is 0 Å². The summed E-state index contributed by atoms with van der Waals surface area (Å²) < 4.78 is 17.8. The molecule has 1 aromatic carbocycles. The van der Waals surface area contributed by atoms with Crippen molar-refractivity contribution < 1.29 is 19.1 Å². The first-order valence-corrected chi connectivity index (χ1v) is 9.14. The molecule has 10 heteroatoms. The van der Waals surface area contributed by atoms with E-state index in [4.69, 9.17) is 19.9 Å². The third kappa shape index (κ3) is 2.87. The molecule has 1 aliphatic rings. The van der Waals surface area contributed by atoms with Gasteiger partial charge >= 0.3 is 5.69 Å². The minimum atomic E-state index is -0.543. The van der Waals surface area contributed by atoms with Crippen molar-refractivity contribution in [3.63, 3.8) is 0 Å². The van der Waals surface area contributed by atoms with Crippen LogP contribution in [0.25, 0.3) is 16.9 Å². The van der Waals surface area contributed by atoms with Crippen LogP contribution in [0.2, 0.25) is 0 Å². The number of nitrogens with two attached hydrogens (primary N) is 1. The van der Waals surface area contributed by atoms with Crippen LogP contribution in [0, 0.1) is 10.1 Å². The number of hydrogen-bond donors (Lipinski definition) is 1. The van der Waals surface area contributed by atoms with Gasteiger partial charge in [0.25, 0.3) is 0 Å². The lowest BCUT2D eigenvalue weighted by atomic mass is 9.92. The van der Waals surface area contributed by atoms with Crippen LogP contribution in [-0.2, 0) is 12.8 Å². The van der Waals surface area contributed by atoms with Crippen molar-refractivity contribution in [1.82, 2.24) is 14.6 Å². The van der Waals surface area contributed by atoms with E-state index in [0.29, 0.717) is 22.9 Å². The summed E-state index contributed by atoms with van der Waals surface area (Å²) in [7, 11) is 4.61. The van der Waals surface area contributed by atoms with Crippen LogP contribution in [0.5, 0.6) is 17.2 Å². The second-order valence-corrected chi connectivity index (χ2v) is 6.73. The maximum Gasteiger partial charge on any atom is 0.357 e. The fourth-order valence-corrected chi connectivity index (χ4v) is 3.89. The van der Waals surface area contributed by atoms with E-state index in [9.17, 15) is 10.1 Å². The summed E-state index contributed by atoms with van der Waals surface area (Å²) in [5, 5.41) is 15.8. The van der Waals surface area contributed by atoms with Crippen molar-refractivity contribution in [1.29, 1.82) is 0 Å². The highest BCUT2D eigenvalue weighted by molar-refractivity contribution is 5.79. The molecule has 0 radical (unpaired) electrons. The molecule has 0 aliphatic heterocycles. The van der Waals surface area contributed by atoms with E-state index in [-0.39, 0.29) is 17.2 Å². The molecule has 0 saturated heterocycles. The normalized spacial score (nSPS) is 13.2.